The Morgan fingerprint density at radius 1 is 0.481 bits per heavy atom. The van der Waals surface area contributed by atoms with Gasteiger partial charge < -0.3 is 20.1 Å². The molecule has 0 aliphatic carbocycles. The molecule has 1 aromatic carbocycles. The van der Waals surface area contributed by atoms with E-state index < -0.39 is 28.4 Å². The van der Waals surface area contributed by atoms with E-state index in [0.29, 0.717) is 31.6 Å². The predicted octanol–water partition coefficient (Wildman–Crippen LogP) is 12.7. The average Bonchev–Trinajstić information content (AvgIpc) is 3.10. The normalized spacial score (nSPS) is 13.2. The van der Waals surface area contributed by atoms with Gasteiger partial charge in [0.1, 0.15) is 5.75 Å². The van der Waals surface area contributed by atoms with E-state index in [1.54, 1.807) is 0 Å². The smallest absolute Gasteiger partial charge is 0.303 e. The molecule has 3 unspecified atom stereocenters. The molecule has 0 saturated heterocycles. The Kier molecular flexibility index (Phi) is 27.8. The van der Waals surface area contributed by atoms with E-state index in [9.17, 15) is 29.7 Å². The van der Waals surface area contributed by atoms with Crippen molar-refractivity contribution in [2.45, 2.75) is 203 Å². The van der Waals surface area contributed by atoms with Crippen LogP contribution >= 0.6 is 37.9 Å². The van der Waals surface area contributed by atoms with Crippen LogP contribution < -0.4 is 4.74 Å². The largest absolute Gasteiger partial charge is 0.493 e. The van der Waals surface area contributed by atoms with Crippen LogP contribution in [0.3, 0.4) is 0 Å². The van der Waals surface area contributed by atoms with Gasteiger partial charge in [0.2, 0.25) is 0 Å². The topological polar surface area (TPSA) is 121 Å². The number of hydrogen-bond donors (Lipinski definition) is 6. The van der Waals surface area contributed by atoms with E-state index >= 15 is 0 Å². The van der Waals surface area contributed by atoms with E-state index in [4.69, 9.17) is 42.6 Å². The van der Waals surface area contributed by atoms with E-state index in [0.717, 1.165) is 98.4 Å². The maximum absolute atomic E-state index is 11.8. The number of rotatable bonds is 34. The van der Waals surface area contributed by atoms with Crippen molar-refractivity contribution in [1.29, 1.82) is 0 Å². The number of thiol groups is 3. The Labute approximate surface area is 332 Å². The third-order valence-corrected chi connectivity index (χ3v) is 11.5. The van der Waals surface area contributed by atoms with Gasteiger partial charge in [-0.15, -0.1) is 0 Å². The van der Waals surface area contributed by atoms with Crippen LogP contribution in [0.15, 0.2) is 0 Å². The van der Waals surface area contributed by atoms with Crippen LogP contribution in [0.1, 0.15) is 218 Å². The molecule has 3 N–H and O–H groups in total. The van der Waals surface area contributed by atoms with Crippen molar-refractivity contribution < 1.29 is 34.4 Å². The second kappa shape index (κ2) is 29.8. The summed E-state index contributed by atoms with van der Waals surface area (Å²) in [5.41, 5.74) is 4.86. The van der Waals surface area contributed by atoms with Gasteiger partial charge in [0.15, 0.2) is 0 Å². The van der Waals surface area contributed by atoms with Crippen LogP contribution in [0.5, 0.6) is 5.75 Å². The highest BCUT2D eigenvalue weighted by atomic mass is 32.1. The highest BCUT2D eigenvalue weighted by Crippen LogP contribution is 2.50. The zero-order valence-corrected chi connectivity index (χ0v) is 35.3. The highest BCUT2D eigenvalue weighted by Gasteiger charge is 2.32. The average molecular weight is 785 g/mol. The summed E-state index contributed by atoms with van der Waals surface area (Å²) in [6, 6.07) is 0. The molecular formula is C42H72O7S3. The number of aliphatic carboxylic acids is 3. The van der Waals surface area contributed by atoms with Gasteiger partial charge in [-0.05, 0) is 68.1 Å². The first-order valence-electron chi connectivity index (χ1n) is 20.5. The fraction of sp³-hybridized carbons (Fsp3) is 0.786. The van der Waals surface area contributed by atoms with E-state index in [1.165, 1.54) is 57.8 Å². The summed E-state index contributed by atoms with van der Waals surface area (Å²) < 4.78 is 6.85. The maximum Gasteiger partial charge on any atom is 0.303 e. The van der Waals surface area contributed by atoms with Crippen molar-refractivity contribution >= 4 is 55.8 Å². The lowest BCUT2D eigenvalue weighted by molar-refractivity contribution is -0.138. The predicted molar refractivity (Wildman–Crippen MR) is 225 cm³/mol. The summed E-state index contributed by atoms with van der Waals surface area (Å²) >= 11 is 15.3. The van der Waals surface area contributed by atoms with Crippen molar-refractivity contribution in [3.63, 3.8) is 0 Å². The third-order valence-electron chi connectivity index (χ3n) is 9.99. The first-order valence-corrected chi connectivity index (χ1v) is 22.1. The molecule has 0 aliphatic rings. The molecule has 0 heterocycles. The third kappa shape index (κ3) is 19.7. The molecule has 7 nitrogen and oxygen atoms in total. The molecule has 0 aromatic heterocycles. The zero-order chi connectivity index (χ0) is 38.7. The van der Waals surface area contributed by atoms with Gasteiger partial charge in [-0.3, -0.25) is 14.4 Å². The summed E-state index contributed by atoms with van der Waals surface area (Å²) in [7, 11) is 0. The number of carboxylic acid groups (broad SMARTS) is 3. The van der Waals surface area contributed by atoms with Gasteiger partial charge in [-0.1, -0.05) is 117 Å². The number of unbranched alkanes of at least 4 members (excludes halogenated alkanes) is 15. The summed E-state index contributed by atoms with van der Waals surface area (Å²) in [4.78, 5) is 35.5. The number of carbonyl (C=O) groups is 3. The zero-order valence-electron chi connectivity index (χ0n) is 32.6. The molecule has 0 bridgehead atoms. The Bertz CT molecular complexity index is 1090. The van der Waals surface area contributed by atoms with Crippen LogP contribution in [0.4, 0.5) is 0 Å². The lowest BCUT2D eigenvalue weighted by Gasteiger charge is -2.33. The van der Waals surface area contributed by atoms with Gasteiger partial charge in [-0.25, -0.2) is 0 Å². The highest BCUT2D eigenvalue weighted by molar-refractivity contribution is 7.81. The molecule has 0 aliphatic heterocycles. The fourth-order valence-electron chi connectivity index (χ4n) is 7.13. The summed E-state index contributed by atoms with van der Waals surface area (Å²) in [5, 5.41) is 27.8. The van der Waals surface area contributed by atoms with Gasteiger partial charge in [0.25, 0.3) is 0 Å². The van der Waals surface area contributed by atoms with Crippen molar-refractivity contribution in [1.82, 2.24) is 0 Å². The van der Waals surface area contributed by atoms with Crippen LogP contribution in [0.25, 0.3) is 0 Å². The molecule has 0 radical (unpaired) electrons. The Hall–Kier alpha value is -1.52. The first kappa shape index (κ1) is 48.5. The quantitative estimate of drug-likeness (QED) is 0.0304. The van der Waals surface area contributed by atoms with Crippen molar-refractivity contribution in [2.24, 2.45) is 0 Å². The molecule has 1 aromatic rings. The molecule has 0 amide bonds. The van der Waals surface area contributed by atoms with Gasteiger partial charge in [0, 0.05) is 46.1 Å². The number of hydrogen-bond acceptors (Lipinski definition) is 7. The van der Waals surface area contributed by atoms with E-state index in [1.807, 2.05) is 0 Å². The maximum atomic E-state index is 11.8. The molecule has 3 atom stereocenters. The second-order valence-electron chi connectivity index (χ2n) is 14.5. The Morgan fingerprint density at radius 2 is 0.788 bits per heavy atom. The fourth-order valence-corrected chi connectivity index (χ4v) is 8.37. The van der Waals surface area contributed by atoms with Crippen LogP contribution in [-0.4, -0.2) is 39.8 Å². The molecular weight excluding hydrogens is 713 g/mol. The van der Waals surface area contributed by atoms with Gasteiger partial charge in [-0.2, -0.15) is 37.9 Å². The van der Waals surface area contributed by atoms with Crippen molar-refractivity contribution in [2.75, 3.05) is 6.61 Å². The Balaban J connectivity index is 4.06. The first-order chi connectivity index (χ1) is 25.0. The molecule has 1 rings (SSSR count). The summed E-state index contributed by atoms with van der Waals surface area (Å²) in [6.07, 6.45) is 22.2. The van der Waals surface area contributed by atoms with E-state index in [-0.39, 0.29) is 24.5 Å². The lowest BCUT2D eigenvalue weighted by Crippen LogP contribution is -2.18. The minimum absolute atomic E-state index is 0.0331. The molecule has 10 heteroatoms. The summed E-state index contributed by atoms with van der Waals surface area (Å²) in [5.74, 6) is -1.98. The van der Waals surface area contributed by atoms with Crippen molar-refractivity contribution in [3.8, 4) is 5.75 Å². The molecule has 0 fully saturated rings. The van der Waals surface area contributed by atoms with Gasteiger partial charge in [0.05, 0.1) is 6.61 Å². The van der Waals surface area contributed by atoms with Gasteiger partial charge >= 0.3 is 17.9 Å². The van der Waals surface area contributed by atoms with E-state index in [2.05, 4.69) is 20.8 Å². The lowest BCUT2D eigenvalue weighted by atomic mass is 9.80. The number of carboxylic acids is 3. The minimum atomic E-state index is -0.895. The van der Waals surface area contributed by atoms with Crippen LogP contribution in [0.2, 0.25) is 0 Å². The summed E-state index contributed by atoms with van der Waals surface area (Å²) in [6.45, 7) is 7.10. The van der Waals surface area contributed by atoms with Crippen LogP contribution in [-0.2, 0) is 27.2 Å². The molecule has 52 heavy (non-hydrogen) atoms. The minimum Gasteiger partial charge on any atom is -0.493 e. The second-order valence-corrected chi connectivity index (χ2v) is 16.4. The molecule has 300 valence electrons. The SMILES string of the molecule is CCCCCCCCOc1c(C(S)CCC(=O)O)c(CCCCCCCC)c(C(S)CCC(=O)O)c(CCCCCCCC)c1C(S)CCC(=O)O. The monoisotopic (exact) mass is 784 g/mol. The van der Waals surface area contributed by atoms with Crippen molar-refractivity contribution in [3.05, 3.63) is 27.8 Å². The number of benzene rings is 1. The Morgan fingerprint density at radius 3 is 1.13 bits per heavy atom. The molecule has 0 spiro atoms. The van der Waals surface area contributed by atoms with Crippen LogP contribution in [0, 0.1) is 0 Å². The standard InChI is InChI=1S/C42H72O7S3/c1-4-7-10-13-16-19-22-31-39(33(50)24-27-36(43)44)32(23-20-17-14-11-8-5-2)41(35(52)26-29-38(47)48)42(40(31)34(51)25-28-37(45)46)49-30-21-18-15-12-9-6-3/h33-35,50-52H,4-30H2,1-3H3,(H,43,44)(H,45,46)(H,47,48). The number of ether oxygens (including phenoxy) is 1. The molecule has 0 saturated carbocycles.